The van der Waals surface area contributed by atoms with Gasteiger partial charge in [-0.15, -0.1) is 0 Å². The van der Waals surface area contributed by atoms with E-state index in [-0.39, 0.29) is 30.7 Å². The van der Waals surface area contributed by atoms with Gasteiger partial charge in [-0.3, -0.25) is 4.79 Å². The van der Waals surface area contributed by atoms with Crippen LogP contribution in [0.15, 0.2) is 18.2 Å². The van der Waals surface area contributed by atoms with Gasteiger partial charge in [0.05, 0.1) is 6.61 Å². The molecular weight excluding hydrogens is 358 g/mol. The van der Waals surface area contributed by atoms with E-state index >= 15 is 0 Å². The Balaban J connectivity index is 2.04. The first-order valence-electron chi connectivity index (χ1n) is 9.85. The predicted molar refractivity (Wildman–Crippen MR) is 109 cm³/mol. The average Bonchev–Trinajstić information content (AvgIpc) is 2.96. The summed E-state index contributed by atoms with van der Waals surface area (Å²) in [6, 6.07) is 3.92. The second-order valence-electron chi connectivity index (χ2n) is 7.49. The SMILES string of the molecule is CCOc1cc2c(cc1/C=C/C(=O)OCC(=O)N(C(C)C)C(C)C)O[C@H](C)C2. The first-order valence-corrected chi connectivity index (χ1v) is 9.85. The zero-order valence-electron chi connectivity index (χ0n) is 17.7. The first-order chi connectivity index (χ1) is 13.2. The first kappa shape index (κ1) is 21.8. The van der Waals surface area contributed by atoms with Crippen molar-refractivity contribution in [2.24, 2.45) is 0 Å². The molecule has 0 bridgehead atoms. The van der Waals surface area contributed by atoms with Gasteiger partial charge in [0.15, 0.2) is 6.61 Å². The highest BCUT2D eigenvalue weighted by Crippen LogP contribution is 2.35. The lowest BCUT2D eigenvalue weighted by Gasteiger charge is -2.30. The number of hydrogen-bond donors (Lipinski definition) is 0. The number of benzene rings is 1. The van der Waals surface area contributed by atoms with Crippen molar-refractivity contribution in [3.05, 3.63) is 29.3 Å². The number of rotatable bonds is 8. The highest BCUT2D eigenvalue weighted by Gasteiger charge is 2.22. The fourth-order valence-electron chi connectivity index (χ4n) is 3.45. The van der Waals surface area contributed by atoms with Gasteiger partial charge in [0.1, 0.15) is 17.6 Å². The molecule has 154 valence electrons. The second-order valence-corrected chi connectivity index (χ2v) is 7.49. The summed E-state index contributed by atoms with van der Waals surface area (Å²) in [6.07, 6.45) is 3.91. The molecule has 0 saturated carbocycles. The zero-order valence-corrected chi connectivity index (χ0v) is 17.7. The Kier molecular flexibility index (Phi) is 7.49. The smallest absolute Gasteiger partial charge is 0.331 e. The topological polar surface area (TPSA) is 65.1 Å². The molecule has 0 aromatic heterocycles. The van der Waals surface area contributed by atoms with Gasteiger partial charge in [-0.2, -0.15) is 0 Å². The van der Waals surface area contributed by atoms with Crippen LogP contribution in [0.4, 0.5) is 0 Å². The minimum Gasteiger partial charge on any atom is -0.493 e. The number of hydrogen-bond acceptors (Lipinski definition) is 5. The molecule has 1 aromatic carbocycles. The summed E-state index contributed by atoms with van der Waals surface area (Å²) in [5.74, 6) is 0.730. The largest absolute Gasteiger partial charge is 0.493 e. The Hall–Kier alpha value is -2.50. The summed E-state index contributed by atoms with van der Waals surface area (Å²) in [7, 11) is 0. The fourth-order valence-corrected chi connectivity index (χ4v) is 3.45. The zero-order chi connectivity index (χ0) is 20.8. The van der Waals surface area contributed by atoms with Crippen molar-refractivity contribution in [1.82, 2.24) is 4.90 Å². The van der Waals surface area contributed by atoms with E-state index in [1.807, 2.05) is 53.7 Å². The number of nitrogens with zero attached hydrogens (tertiary/aromatic N) is 1. The maximum absolute atomic E-state index is 12.3. The van der Waals surface area contributed by atoms with Crippen LogP contribution in [-0.4, -0.2) is 48.2 Å². The molecule has 1 aliphatic rings. The molecule has 6 heteroatoms. The van der Waals surface area contributed by atoms with Gasteiger partial charge < -0.3 is 19.1 Å². The van der Waals surface area contributed by atoms with Crippen LogP contribution in [0.1, 0.15) is 52.7 Å². The summed E-state index contributed by atoms with van der Waals surface area (Å²) in [5, 5.41) is 0. The van der Waals surface area contributed by atoms with Crippen molar-refractivity contribution in [1.29, 1.82) is 0 Å². The monoisotopic (exact) mass is 389 g/mol. The molecule has 6 nitrogen and oxygen atoms in total. The predicted octanol–water partition coefficient (Wildman–Crippen LogP) is 3.61. The standard InChI is InChI=1S/C22H31NO5/c1-7-26-19-12-18-10-16(6)28-20(18)11-17(19)8-9-22(25)27-13-21(24)23(14(2)3)15(4)5/h8-9,11-12,14-16H,7,10,13H2,1-6H3/b9-8+/t16-/m1/s1. The summed E-state index contributed by atoms with van der Waals surface area (Å²) >= 11 is 0. The van der Waals surface area contributed by atoms with Crippen molar-refractivity contribution in [3.8, 4) is 11.5 Å². The van der Waals surface area contributed by atoms with Crippen LogP contribution < -0.4 is 9.47 Å². The third-order valence-corrected chi connectivity index (χ3v) is 4.47. The minimum absolute atomic E-state index is 0.0456. The van der Waals surface area contributed by atoms with Crippen LogP contribution in [0.5, 0.6) is 11.5 Å². The quantitative estimate of drug-likeness (QED) is 0.502. The Morgan fingerprint density at radius 3 is 2.54 bits per heavy atom. The van der Waals surface area contributed by atoms with E-state index in [0.29, 0.717) is 12.4 Å². The molecule has 0 N–H and O–H groups in total. The van der Waals surface area contributed by atoms with Crippen LogP contribution in [0, 0.1) is 0 Å². The average molecular weight is 389 g/mol. The summed E-state index contributed by atoms with van der Waals surface area (Å²) in [5.41, 5.74) is 1.84. The van der Waals surface area contributed by atoms with Gasteiger partial charge in [-0.25, -0.2) is 4.79 Å². The summed E-state index contributed by atoms with van der Waals surface area (Å²) < 4.78 is 16.6. The molecule has 28 heavy (non-hydrogen) atoms. The van der Waals surface area contributed by atoms with Crippen molar-refractivity contribution in [2.75, 3.05) is 13.2 Å². The third-order valence-electron chi connectivity index (χ3n) is 4.47. The van der Waals surface area contributed by atoms with Gasteiger partial charge in [-0.1, -0.05) is 0 Å². The second kappa shape index (κ2) is 9.62. The van der Waals surface area contributed by atoms with Crippen molar-refractivity contribution in [3.63, 3.8) is 0 Å². The maximum atomic E-state index is 12.3. The molecular formula is C22H31NO5. The Morgan fingerprint density at radius 2 is 1.93 bits per heavy atom. The molecule has 0 aliphatic carbocycles. The van der Waals surface area contributed by atoms with Gasteiger partial charge in [0, 0.05) is 35.7 Å². The van der Waals surface area contributed by atoms with E-state index in [1.165, 1.54) is 6.08 Å². The number of carbonyl (C=O) groups is 2. The maximum Gasteiger partial charge on any atom is 0.331 e. The van der Waals surface area contributed by atoms with Crippen LogP contribution in [-0.2, 0) is 20.7 Å². The van der Waals surface area contributed by atoms with Crippen LogP contribution in [0.2, 0.25) is 0 Å². The van der Waals surface area contributed by atoms with E-state index in [4.69, 9.17) is 14.2 Å². The van der Waals surface area contributed by atoms with Gasteiger partial charge in [-0.05, 0) is 59.8 Å². The lowest BCUT2D eigenvalue weighted by atomic mass is 10.1. The molecule has 1 amide bonds. The number of carbonyl (C=O) groups excluding carboxylic acids is 2. The molecule has 0 radical (unpaired) electrons. The molecule has 1 atom stereocenters. The molecule has 1 heterocycles. The number of esters is 1. The van der Waals surface area contributed by atoms with Crippen LogP contribution in [0.3, 0.4) is 0 Å². The Labute approximate surface area is 167 Å². The number of amides is 1. The van der Waals surface area contributed by atoms with Gasteiger partial charge in [0.2, 0.25) is 0 Å². The normalized spacial score (nSPS) is 15.6. The van der Waals surface area contributed by atoms with Crippen LogP contribution >= 0.6 is 0 Å². The summed E-state index contributed by atoms with van der Waals surface area (Å²) in [6.45, 7) is 11.9. The van der Waals surface area contributed by atoms with E-state index in [9.17, 15) is 9.59 Å². The fraction of sp³-hybridized carbons (Fsp3) is 0.545. The molecule has 0 saturated heterocycles. The van der Waals surface area contributed by atoms with Gasteiger partial charge in [0.25, 0.3) is 5.91 Å². The highest BCUT2D eigenvalue weighted by molar-refractivity contribution is 5.90. The van der Waals surface area contributed by atoms with Gasteiger partial charge >= 0.3 is 5.97 Å². The van der Waals surface area contributed by atoms with Crippen molar-refractivity contribution >= 4 is 18.0 Å². The van der Waals surface area contributed by atoms with Crippen molar-refractivity contribution < 1.29 is 23.8 Å². The molecule has 1 aromatic rings. The third kappa shape index (κ3) is 5.50. The van der Waals surface area contributed by atoms with E-state index in [0.717, 1.165) is 23.3 Å². The molecule has 2 rings (SSSR count). The Bertz CT molecular complexity index is 731. The molecule has 1 aliphatic heterocycles. The number of fused-ring (bicyclic) bond motifs is 1. The Morgan fingerprint density at radius 1 is 1.25 bits per heavy atom. The highest BCUT2D eigenvalue weighted by atomic mass is 16.5. The lowest BCUT2D eigenvalue weighted by molar-refractivity contribution is -0.150. The molecule has 0 spiro atoms. The molecule has 0 fully saturated rings. The lowest BCUT2D eigenvalue weighted by Crippen LogP contribution is -2.44. The minimum atomic E-state index is -0.571. The molecule has 0 unspecified atom stereocenters. The number of ether oxygens (including phenoxy) is 3. The van der Waals surface area contributed by atoms with E-state index < -0.39 is 5.97 Å². The summed E-state index contributed by atoms with van der Waals surface area (Å²) in [4.78, 5) is 26.1. The van der Waals surface area contributed by atoms with E-state index in [2.05, 4.69) is 0 Å². The van der Waals surface area contributed by atoms with Crippen LogP contribution in [0.25, 0.3) is 6.08 Å². The van der Waals surface area contributed by atoms with E-state index in [1.54, 1.807) is 11.0 Å². The van der Waals surface area contributed by atoms with Crippen molar-refractivity contribution in [2.45, 2.75) is 66.2 Å².